The lowest BCUT2D eigenvalue weighted by molar-refractivity contribution is -0.0170. The molecule has 0 saturated carbocycles. The number of hydrogen-bond acceptors (Lipinski definition) is 6. The molecular formula is C26H35N5O2. The summed E-state index contributed by atoms with van der Waals surface area (Å²) in [4.78, 5) is 24.2. The van der Waals surface area contributed by atoms with Crippen LogP contribution in [0.3, 0.4) is 0 Å². The molecule has 1 amide bonds. The molecule has 7 nitrogen and oxygen atoms in total. The Morgan fingerprint density at radius 1 is 1.24 bits per heavy atom. The van der Waals surface area contributed by atoms with Gasteiger partial charge in [-0.2, -0.15) is 5.26 Å². The van der Waals surface area contributed by atoms with Gasteiger partial charge in [-0.3, -0.25) is 9.88 Å². The van der Waals surface area contributed by atoms with Gasteiger partial charge in [0.1, 0.15) is 11.7 Å². The molecule has 2 aliphatic rings. The lowest BCUT2D eigenvalue weighted by Gasteiger charge is -2.51. The summed E-state index contributed by atoms with van der Waals surface area (Å²) in [5.41, 5.74) is 2.00. The van der Waals surface area contributed by atoms with Crippen molar-refractivity contribution in [1.29, 1.82) is 5.26 Å². The van der Waals surface area contributed by atoms with Crippen LogP contribution in [0, 0.1) is 11.3 Å². The van der Waals surface area contributed by atoms with Gasteiger partial charge in [-0.1, -0.05) is 13.3 Å². The first-order chi connectivity index (χ1) is 15.8. The molecule has 2 aliphatic heterocycles. The quantitative estimate of drug-likeness (QED) is 0.673. The fraction of sp³-hybridized carbons (Fsp3) is 0.577. The summed E-state index contributed by atoms with van der Waals surface area (Å²) in [6, 6.07) is 10.7. The molecule has 1 aromatic carbocycles. The topological polar surface area (TPSA) is 72.7 Å². The summed E-state index contributed by atoms with van der Waals surface area (Å²) in [7, 11) is 0. The summed E-state index contributed by atoms with van der Waals surface area (Å²) in [6.07, 6.45) is 4.56. The van der Waals surface area contributed by atoms with E-state index in [-0.39, 0.29) is 12.1 Å². The Hall–Kier alpha value is -2.85. The van der Waals surface area contributed by atoms with Gasteiger partial charge in [0, 0.05) is 62.1 Å². The molecule has 33 heavy (non-hydrogen) atoms. The third-order valence-corrected chi connectivity index (χ3v) is 6.97. The molecule has 2 fully saturated rings. The maximum absolute atomic E-state index is 13.0. The number of rotatable bonds is 5. The van der Waals surface area contributed by atoms with E-state index in [9.17, 15) is 10.1 Å². The van der Waals surface area contributed by atoms with Gasteiger partial charge < -0.3 is 14.5 Å². The number of anilines is 1. The number of fused-ring (bicyclic) bond motifs is 2. The van der Waals surface area contributed by atoms with Crippen molar-refractivity contribution in [3.05, 3.63) is 36.0 Å². The number of unbranched alkanes of at least 4 members (excludes halogenated alkanes) is 1. The van der Waals surface area contributed by atoms with Crippen LogP contribution in [0.4, 0.5) is 10.5 Å². The molecule has 2 atom stereocenters. The predicted molar refractivity (Wildman–Crippen MR) is 130 cm³/mol. The minimum Gasteiger partial charge on any atom is -0.443 e. The zero-order valence-corrected chi connectivity index (χ0v) is 20.3. The van der Waals surface area contributed by atoms with Crippen LogP contribution in [-0.2, 0) is 4.74 Å². The highest BCUT2D eigenvalue weighted by Crippen LogP contribution is 2.32. The van der Waals surface area contributed by atoms with Crippen LogP contribution in [0.1, 0.15) is 52.5 Å². The Morgan fingerprint density at radius 2 is 2.06 bits per heavy atom. The second-order valence-electron chi connectivity index (χ2n) is 9.97. The van der Waals surface area contributed by atoms with Gasteiger partial charge in [0.15, 0.2) is 0 Å². The largest absolute Gasteiger partial charge is 0.443 e. The number of pyridine rings is 1. The molecule has 7 heteroatoms. The number of nitriles is 1. The van der Waals surface area contributed by atoms with E-state index in [2.05, 4.69) is 34.7 Å². The number of hydrogen-bond donors (Lipinski definition) is 0. The van der Waals surface area contributed by atoms with Crippen molar-refractivity contribution < 1.29 is 9.53 Å². The van der Waals surface area contributed by atoms with Crippen LogP contribution in [0.2, 0.25) is 0 Å². The SMILES string of the molecule is CCCCC(C)(C)OC(=O)N1CCN2[C@@H](C1)CN(c1ccc(C#N)c3ncccc13)C[C@@H]2C. The van der Waals surface area contributed by atoms with Crippen molar-refractivity contribution in [1.82, 2.24) is 14.8 Å². The van der Waals surface area contributed by atoms with Crippen LogP contribution in [0.25, 0.3) is 10.9 Å². The van der Waals surface area contributed by atoms with Gasteiger partial charge in [-0.25, -0.2) is 4.79 Å². The van der Waals surface area contributed by atoms with Crippen LogP contribution < -0.4 is 4.90 Å². The second-order valence-corrected chi connectivity index (χ2v) is 9.97. The number of nitrogens with zero attached hydrogens (tertiary/aromatic N) is 5. The second kappa shape index (κ2) is 9.56. The Labute approximate surface area is 196 Å². The fourth-order valence-corrected chi connectivity index (χ4v) is 5.21. The third-order valence-electron chi connectivity index (χ3n) is 6.97. The summed E-state index contributed by atoms with van der Waals surface area (Å²) in [5.74, 6) is 0. The average molecular weight is 450 g/mol. The highest BCUT2D eigenvalue weighted by molar-refractivity contribution is 5.95. The van der Waals surface area contributed by atoms with E-state index in [0.29, 0.717) is 24.7 Å². The molecule has 0 unspecified atom stereocenters. The van der Waals surface area contributed by atoms with Crippen molar-refractivity contribution in [2.24, 2.45) is 0 Å². The van der Waals surface area contributed by atoms with E-state index in [1.165, 1.54) is 0 Å². The van der Waals surface area contributed by atoms with E-state index < -0.39 is 5.60 Å². The van der Waals surface area contributed by atoms with E-state index in [0.717, 1.165) is 55.5 Å². The zero-order valence-electron chi connectivity index (χ0n) is 20.3. The van der Waals surface area contributed by atoms with Crippen molar-refractivity contribution >= 4 is 22.7 Å². The predicted octanol–water partition coefficient (Wildman–Crippen LogP) is 4.41. The molecule has 0 bridgehead atoms. The van der Waals surface area contributed by atoms with E-state index in [1.807, 2.05) is 43.0 Å². The lowest BCUT2D eigenvalue weighted by Crippen LogP contribution is -2.66. The molecule has 1 aromatic heterocycles. The minimum atomic E-state index is -0.440. The number of aromatic nitrogens is 1. The lowest BCUT2D eigenvalue weighted by atomic mass is 10.0. The number of benzene rings is 1. The van der Waals surface area contributed by atoms with E-state index in [1.54, 1.807) is 6.20 Å². The first-order valence-electron chi connectivity index (χ1n) is 12.1. The van der Waals surface area contributed by atoms with E-state index in [4.69, 9.17) is 4.74 Å². The van der Waals surface area contributed by atoms with Gasteiger partial charge in [0.05, 0.1) is 11.1 Å². The Morgan fingerprint density at radius 3 is 2.82 bits per heavy atom. The van der Waals surface area contributed by atoms with Crippen molar-refractivity contribution in [3.63, 3.8) is 0 Å². The molecule has 3 heterocycles. The molecule has 0 aliphatic carbocycles. The normalized spacial score (nSPS) is 21.5. The number of ether oxygens (including phenoxy) is 1. The molecule has 0 spiro atoms. The third kappa shape index (κ3) is 4.91. The van der Waals surface area contributed by atoms with Gasteiger partial charge >= 0.3 is 6.09 Å². The summed E-state index contributed by atoms with van der Waals surface area (Å²) in [5, 5.41) is 10.5. The van der Waals surface area contributed by atoms with Crippen LogP contribution in [-0.4, -0.2) is 71.3 Å². The standard InChI is InChI=1S/C26H35N5O2/c1-5-6-11-26(3,4)33-25(32)29-13-14-31-19(2)16-30(18-21(31)17-29)23-10-9-20(15-27)24-22(23)8-7-12-28-24/h7-10,12,19,21H,5-6,11,13-14,16-18H2,1-4H3/t19-,21-/m0/s1. The monoisotopic (exact) mass is 449 g/mol. The number of carbonyl (C=O) groups excluding carboxylic acids is 1. The van der Waals surface area contributed by atoms with Gasteiger partial charge in [-0.05, 0) is 57.9 Å². The van der Waals surface area contributed by atoms with Crippen LogP contribution in [0.15, 0.2) is 30.5 Å². The fourth-order valence-electron chi connectivity index (χ4n) is 5.21. The summed E-state index contributed by atoms with van der Waals surface area (Å²) >= 11 is 0. The molecule has 4 rings (SSSR count). The molecule has 0 N–H and O–H groups in total. The zero-order chi connectivity index (χ0) is 23.6. The molecule has 2 saturated heterocycles. The Bertz CT molecular complexity index is 1050. The molecule has 176 valence electrons. The first-order valence-corrected chi connectivity index (χ1v) is 12.1. The van der Waals surface area contributed by atoms with Crippen molar-refractivity contribution in [2.45, 2.75) is 64.6 Å². The van der Waals surface area contributed by atoms with Crippen LogP contribution >= 0.6 is 0 Å². The maximum Gasteiger partial charge on any atom is 0.410 e. The van der Waals surface area contributed by atoms with Crippen molar-refractivity contribution in [3.8, 4) is 6.07 Å². The molecule has 0 radical (unpaired) electrons. The molecular weight excluding hydrogens is 414 g/mol. The maximum atomic E-state index is 13.0. The summed E-state index contributed by atoms with van der Waals surface area (Å²) < 4.78 is 5.90. The van der Waals surface area contributed by atoms with Gasteiger partial charge in [0.2, 0.25) is 0 Å². The van der Waals surface area contributed by atoms with Gasteiger partial charge in [-0.15, -0.1) is 0 Å². The number of carbonyl (C=O) groups is 1. The smallest absolute Gasteiger partial charge is 0.410 e. The highest BCUT2D eigenvalue weighted by atomic mass is 16.6. The van der Waals surface area contributed by atoms with E-state index >= 15 is 0 Å². The first kappa shape index (κ1) is 23.3. The van der Waals surface area contributed by atoms with Crippen molar-refractivity contribution in [2.75, 3.05) is 37.6 Å². The highest BCUT2D eigenvalue weighted by Gasteiger charge is 2.39. The van der Waals surface area contributed by atoms with Gasteiger partial charge in [0.25, 0.3) is 0 Å². The number of piperazine rings is 2. The molecule has 2 aromatic rings. The summed E-state index contributed by atoms with van der Waals surface area (Å²) in [6.45, 7) is 12.4. The Kier molecular flexibility index (Phi) is 6.76. The minimum absolute atomic E-state index is 0.200. The number of amides is 1. The average Bonchev–Trinajstić information content (AvgIpc) is 2.81. The van der Waals surface area contributed by atoms with Crippen LogP contribution in [0.5, 0.6) is 0 Å². The Balaban J connectivity index is 1.51.